The Hall–Kier alpha value is -2.73. The number of nitrogens with zero attached hydrogens (tertiary/aromatic N) is 2. The van der Waals surface area contributed by atoms with Gasteiger partial charge in [-0.05, 0) is 55.3 Å². The number of methoxy groups -OCH3 is 1. The van der Waals surface area contributed by atoms with E-state index < -0.39 is 34.6 Å². The third-order valence-electron chi connectivity index (χ3n) is 6.00. The van der Waals surface area contributed by atoms with Gasteiger partial charge in [-0.2, -0.15) is 4.31 Å². The van der Waals surface area contributed by atoms with Crippen molar-refractivity contribution in [2.75, 3.05) is 40.6 Å². The van der Waals surface area contributed by atoms with Crippen LogP contribution in [-0.4, -0.2) is 81.4 Å². The molecular weight excluding hydrogens is 479 g/mol. The predicted molar refractivity (Wildman–Crippen MR) is 126 cm³/mol. The molecule has 2 aromatic rings. The molecular formula is C24H31FN2O7S. The van der Waals surface area contributed by atoms with Gasteiger partial charge in [0.1, 0.15) is 5.82 Å². The summed E-state index contributed by atoms with van der Waals surface area (Å²) in [7, 11) is -0.886. The number of hydrogen-bond acceptors (Lipinski definition) is 7. The number of carbonyl (C=O) groups is 1. The number of benzene rings is 2. The number of hydrogen-bond donors (Lipinski definition) is 1. The van der Waals surface area contributed by atoms with Gasteiger partial charge in [0.05, 0.1) is 17.6 Å². The van der Waals surface area contributed by atoms with Crippen molar-refractivity contribution in [2.24, 2.45) is 5.92 Å². The Labute approximate surface area is 205 Å². The SMILES string of the molecule is CO[C@H](CN(C)C(=O)c1ccc2c(c1)OCO2)[C@H](C)CN([C@@H](C)CO)S(=O)(=O)c1ccc(F)cc1. The molecule has 9 nitrogen and oxygen atoms in total. The van der Waals surface area contributed by atoms with Crippen molar-refractivity contribution in [3.63, 3.8) is 0 Å². The summed E-state index contributed by atoms with van der Waals surface area (Å²) in [5.74, 6) is -0.0735. The maximum atomic E-state index is 13.3. The first-order chi connectivity index (χ1) is 16.6. The van der Waals surface area contributed by atoms with E-state index in [0.717, 1.165) is 12.1 Å². The summed E-state index contributed by atoms with van der Waals surface area (Å²) in [5.41, 5.74) is 0.425. The van der Waals surface area contributed by atoms with Crippen molar-refractivity contribution in [1.82, 2.24) is 9.21 Å². The van der Waals surface area contributed by atoms with E-state index in [9.17, 15) is 22.7 Å². The van der Waals surface area contributed by atoms with Gasteiger partial charge in [-0.15, -0.1) is 0 Å². The lowest BCUT2D eigenvalue weighted by Crippen LogP contribution is -2.47. The molecule has 0 saturated heterocycles. The lowest BCUT2D eigenvalue weighted by Gasteiger charge is -2.33. The van der Waals surface area contributed by atoms with Crippen LogP contribution in [0, 0.1) is 11.7 Å². The molecule has 192 valence electrons. The van der Waals surface area contributed by atoms with Crippen molar-refractivity contribution in [3.05, 3.63) is 53.8 Å². The van der Waals surface area contributed by atoms with Gasteiger partial charge in [-0.1, -0.05) is 6.92 Å². The van der Waals surface area contributed by atoms with Gasteiger partial charge in [0.25, 0.3) is 5.91 Å². The van der Waals surface area contributed by atoms with Crippen LogP contribution in [0.15, 0.2) is 47.4 Å². The monoisotopic (exact) mass is 510 g/mol. The molecule has 1 aliphatic rings. The predicted octanol–water partition coefficient (Wildman–Crippen LogP) is 2.35. The van der Waals surface area contributed by atoms with E-state index in [1.807, 2.05) is 6.92 Å². The second-order valence-electron chi connectivity index (χ2n) is 8.57. The summed E-state index contributed by atoms with van der Waals surface area (Å²) in [6.45, 7) is 3.33. The fourth-order valence-corrected chi connectivity index (χ4v) is 5.56. The molecule has 1 amide bonds. The zero-order chi connectivity index (χ0) is 25.8. The quantitative estimate of drug-likeness (QED) is 0.495. The Kier molecular flexibility index (Phi) is 8.70. The van der Waals surface area contributed by atoms with Crippen LogP contribution in [0.3, 0.4) is 0 Å². The number of aliphatic hydroxyl groups excluding tert-OH is 1. The van der Waals surface area contributed by atoms with E-state index in [1.54, 1.807) is 32.2 Å². The number of carbonyl (C=O) groups excluding carboxylic acids is 1. The summed E-state index contributed by atoms with van der Waals surface area (Å²) in [6.07, 6.45) is -0.505. The van der Waals surface area contributed by atoms with Crippen LogP contribution in [-0.2, 0) is 14.8 Å². The molecule has 0 aromatic heterocycles. The number of amides is 1. The first-order valence-corrected chi connectivity index (χ1v) is 12.6. The summed E-state index contributed by atoms with van der Waals surface area (Å²) in [5, 5.41) is 9.71. The third-order valence-corrected chi connectivity index (χ3v) is 8.00. The van der Waals surface area contributed by atoms with Crippen molar-refractivity contribution in [3.8, 4) is 11.5 Å². The highest BCUT2D eigenvalue weighted by atomic mass is 32.2. The highest BCUT2D eigenvalue weighted by Crippen LogP contribution is 2.33. The summed E-state index contributed by atoms with van der Waals surface area (Å²) in [4.78, 5) is 14.4. The van der Waals surface area contributed by atoms with Crippen molar-refractivity contribution in [2.45, 2.75) is 30.9 Å². The first kappa shape index (κ1) is 26.9. The Morgan fingerprint density at radius 3 is 2.40 bits per heavy atom. The smallest absolute Gasteiger partial charge is 0.253 e. The van der Waals surface area contributed by atoms with Crippen LogP contribution in [0.4, 0.5) is 4.39 Å². The molecule has 0 saturated carbocycles. The van der Waals surface area contributed by atoms with E-state index in [1.165, 1.54) is 28.4 Å². The van der Waals surface area contributed by atoms with Gasteiger partial charge in [-0.3, -0.25) is 4.79 Å². The van der Waals surface area contributed by atoms with Gasteiger partial charge < -0.3 is 24.2 Å². The second-order valence-corrected chi connectivity index (χ2v) is 10.5. The topological polar surface area (TPSA) is 106 Å². The van der Waals surface area contributed by atoms with Crippen molar-refractivity contribution < 1.29 is 36.9 Å². The van der Waals surface area contributed by atoms with Crippen LogP contribution in [0.5, 0.6) is 11.5 Å². The number of halogens is 1. The maximum absolute atomic E-state index is 13.3. The van der Waals surface area contributed by atoms with E-state index in [4.69, 9.17) is 14.2 Å². The van der Waals surface area contributed by atoms with Crippen LogP contribution >= 0.6 is 0 Å². The van der Waals surface area contributed by atoms with Crippen LogP contribution in [0.2, 0.25) is 0 Å². The number of aliphatic hydroxyl groups is 1. The average molecular weight is 511 g/mol. The molecule has 0 radical (unpaired) electrons. The van der Waals surface area contributed by atoms with Gasteiger partial charge in [0.15, 0.2) is 11.5 Å². The molecule has 0 bridgehead atoms. The second kappa shape index (κ2) is 11.3. The Morgan fingerprint density at radius 1 is 1.11 bits per heavy atom. The molecule has 3 rings (SSSR count). The highest BCUT2D eigenvalue weighted by molar-refractivity contribution is 7.89. The molecule has 1 heterocycles. The number of sulfonamides is 1. The normalized spacial score (nSPS) is 15.6. The van der Waals surface area contributed by atoms with E-state index in [2.05, 4.69) is 0 Å². The molecule has 1 aliphatic heterocycles. The molecule has 1 N–H and O–H groups in total. The van der Waals surface area contributed by atoms with E-state index in [-0.39, 0.29) is 36.6 Å². The number of fused-ring (bicyclic) bond motifs is 1. The fraction of sp³-hybridized carbons (Fsp3) is 0.458. The zero-order valence-electron chi connectivity index (χ0n) is 20.2. The Morgan fingerprint density at radius 2 is 1.77 bits per heavy atom. The molecule has 0 spiro atoms. The third kappa shape index (κ3) is 6.10. The minimum absolute atomic E-state index is 0.0198. The maximum Gasteiger partial charge on any atom is 0.253 e. The largest absolute Gasteiger partial charge is 0.454 e. The zero-order valence-corrected chi connectivity index (χ0v) is 21.0. The van der Waals surface area contributed by atoms with E-state index >= 15 is 0 Å². The summed E-state index contributed by atoms with van der Waals surface area (Å²) < 4.78 is 57.3. The first-order valence-electron chi connectivity index (χ1n) is 11.1. The number of ether oxygens (including phenoxy) is 3. The van der Waals surface area contributed by atoms with Gasteiger partial charge >= 0.3 is 0 Å². The Bertz CT molecular complexity index is 1130. The van der Waals surface area contributed by atoms with E-state index in [0.29, 0.717) is 17.1 Å². The van der Waals surface area contributed by atoms with Gasteiger partial charge in [0.2, 0.25) is 16.8 Å². The van der Waals surface area contributed by atoms with Crippen LogP contribution in [0.25, 0.3) is 0 Å². The lowest BCUT2D eigenvalue weighted by atomic mass is 10.0. The standard InChI is InChI=1S/C24H31FN2O7S/c1-16(12-27(17(2)14-28)35(30,31)20-8-6-19(25)7-9-20)23(32-4)13-26(3)24(29)18-5-10-21-22(11-18)34-15-33-21/h5-11,16-17,23,28H,12-15H2,1-4H3/t16-,17+,23-/m1/s1. The highest BCUT2D eigenvalue weighted by Gasteiger charge is 2.33. The van der Waals surface area contributed by atoms with Crippen LogP contribution in [0.1, 0.15) is 24.2 Å². The molecule has 11 heteroatoms. The average Bonchev–Trinajstić information content (AvgIpc) is 3.32. The molecule has 35 heavy (non-hydrogen) atoms. The summed E-state index contributed by atoms with van der Waals surface area (Å²) in [6, 6.07) is 8.76. The molecule has 0 aliphatic carbocycles. The van der Waals surface area contributed by atoms with Gasteiger partial charge in [0, 0.05) is 38.9 Å². The molecule has 2 aromatic carbocycles. The minimum Gasteiger partial charge on any atom is -0.454 e. The van der Waals surface area contributed by atoms with Crippen molar-refractivity contribution in [1.29, 1.82) is 0 Å². The minimum atomic E-state index is -4.01. The summed E-state index contributed by atoms with van der Waals surface area (Å²) >= 11 is 0. The molecule has 0 unspecified atom stereocenters. The van der Waals surface area contributed by atoms with Crippen molar-refractivity contribution >= 4 is 15.9 Å². The Balaban J connectivity index is 1.73. The lowest BCUT2D eigenvalue weighted by molar-refractivity contribution is 0.0221. The van der Waals surface area contributed by atoms with Crippen LogP contribution < -0.4 is 9.47 Å². The molecule has 3 atom stereocenters. The number of rotatable bonds is 11. The molecule has 0 fully saturated rings. The van der Waals surface area contributed by atoms with Gasteiger partial charge in [-0.25, -0.2) is 12.8 Å². The number of likely N-dealkylation sites (N-methyl/N-ethyl adjacent to an activating group) is 1. The fourth-order valence-electron chi connectivity index (χ4n) is 3.84.